The van der Waals surface area contributed by atoms with Gasteiger partial charge < -0.3 is 5.32 Å². The van der Waals surface area contributed by atoms with E-state index in [1.165, 1.54) is 10.5 Å². The maximum absolute atomic E-state index is 4.23. The molecule has 0 amide bonds. The molecular weight excluding hydrogens is 332 g/mol. The van der Waals surface area contributed by atoms with Gasteiger partial charge in [-0.3, -0.25) is 4.98 Å². The highest BCUT2D eigenvalue weighted by Crippen LogP contribution is 2.19. The first kappa shape index (κ1) is 15.5. The van der Waals surface area contributed by atoms with E-state index in [4.69, 9.17) is 0 Å². The molecule has 20 heavy (non-hydrogen) atoms. The van der Waals surface area contributed by atoms with Crippen molar-refractivity contribution in [3.63, 3.8) is 0 Å². The maximum atomic E-state index is 4.23. The Morgan fingerprint density at radius 3 is 2.75 bits per heavy atom. The summed E-state index contributed by atoms with van der Waals surface area (Å²) in [6.07, 6.45) is 4.77. The Labute approximate surface area is 133 Å². The average Bonchev–Trinajstić information content (AvgIpc) is 2.46. The van der Waals surface area contributed by atoms with E-state index in [0.29, 0.717) is 6.04 Å². The number of halogens is 1. The SMILES string of the molecule is CCNC(CSc1ccccc1)Cc1cncc(Br)c1. The predicted molar refractivity (Wildman–Crippen MR) is 90.3 cm³/mol. The molecule has 1 N–H and O–H groups in total. The summed E-state index contributed by atoms with van der Waals surface area (Å²) in [7, 11) is 0. The molecule has 1 unspecified atom stereocenters. The van der Waals surface area contributed by atoms with Gasteiger partial charge in [0.15, 0.2) is 0 Å². The summed E-state index contributed by atoms with van der Waals surface area (Å²) in [5, 5.41) is 3.56. The monoisotopic (exact) mass is 350 g/mol. The Kier molecular flexibility index (Phi) is 6.57. The van der Waals surface area contributed by atoms with Crippen molar-refractivity contribution in [1.29, 1.82) is 0 Å². The van der Waals surface area contributed by atoms with E-state index in [2.05, 4.69) is 69.6 Å². The minimum atomic E-state index is 0.460. The van der Waals surface area contributed by atoms with Crippen LogP contribution in [0.5, 0.6) is 0 Å². The first-order valence-electron chi connectivity index (χ1n) is 6.78. The van der Waals surface area contributed by atoms with Gasteiger partial charge in [-0.1, -0.05) is 25.1 Å². The highest BCUT2D eigenvalue weighted by atomic mass is 79.9. The zero-order valence-electron chi connectivity index (χ0n) is 11.6. The van der Waals surface area contributed by atoms with Gasteiger partial charge in [-0.25, -0.2) is 0 Å². The number of nitrogens with one attached hydrogen (secondary N) is 1. The van der Waals surface area contributed by atoms with Crippen molar-refractivity contribution in [1.82, 2.24) is 10.3 Å². The summed E-state index contributed by atoms with van der Waals surface area (Å²) in [6, 6.07) is 13.2. The minimum absolute atomic E-state index is 0.460. The number of hydrogen-bond acceptors (Lipinski definition) is 3. The molecule has 1 heterocycles. The lowest BCUT2D eigenvalue weighted by atomic mass is 10.1. The number of pyridine rings is 1. The van der Waals surface area contributed by atoms with Gasteiger partial charge >= 0.3 is 0 Å². The maximum Gasteiger partial charge on any atom is 0.0410 e. The molecule has 0 bridgehead atoms. The fraction of sp³-hybridized carbons (Fsp3) is 0.312. The Balaban J connectivity index is 1.93. The number of rotatable bonds is 7. The van der Waals surface area contributed by atoms with Gasteiger partial charge in [0.05, 0.1) is 0 Å². The predicted octanol–water partition coefficient (Wildman–Crippen LogP) is 4.16. The van der Waals surface area contributed by atoms with Crippen molar-refractivity contribution in [3.05, 3.63) is 58.8 Å². The molecule has 0 spiro atoms. The third-order valence-electron chi connectivity index (χ3n) is 2.93. The van der Waals surface area contributed by atoms with Crippen molar-refractivity contribution < 1.29 is 0 Å². The first-order valence-corrected chi connectivity index (χ1v) is 8.56. The van der Waals surface area contributed by atoms with Gasteiger partial charge in [-0.05, 0) is 52.7 Å². The Hall–Kier alpha value is -0.840. The van der Waals surface area contributed by atoms with Crippen molar-refractivity contribution >= 4 is 27.7 Å². The summed E-state index contributed by atoms with van der Waals surface area (Å²) in [4.78, 5) is 5.56. The molecule has 0 radical (unpaired) electrons. The zero-order valence-corrected chi connectivity index (χ0v) is 14.0. The van der Waals surface area contributed by atoms with Gasteiger partial charge in [0.1, 0.15) is 0 Å². The van der Waals surface area contributed by atoms with Crippen LogP contribution in [0, 0.1) is 0 Å². The van der Waals surface area contributed by atoms with Gasteiger partial charge in [-0.15, -0.1) is 11.8 Å². The molecule has 1 aromatic carbocycles. The van der Waals surface area contributed by atoms with Crippen molar-refractivity contribution in [2.75, 3.05) is 12.3 Å². The molecule has 2 rings (SSSR count). The normalized spacial score (nSPS) is 12.3. The summed E-state index contributed by atoms with van der Waals surface area (Å²) in [5.74, 6) is 1.06. The third-order valence-corrected chi connectivity index (χ3v) is 4.54. The van der Waals surface area contributed by atoms with Crippen LogP contribution < -0.4 is 5.32 Å². The Bertz CT molecular complexity index is 519. The molecule has 0 saturated heterocycles. The zero-order chi connectivity index (χ0) is 14.2. The number of thioether (sulfide) groups is 1. The van der Waals surface area contributed by atoms with Crippen LogP contribution in [0.3, 0.4) is 0 Å². The van der Waals surface area contributed by atoms with Crippen molar-refractivity contribution in [2.45, 2.75) is 24.3 Å². The fourth-order valence-corrected chi connectivity index (χ4v) is 3.44. The fourth-order valence-electron chi connectivity index (χ4n) is 2.04. The average molecular weight is 351 g/mol. The molecule has 0 saturated carbocycles. The molecule has 1 aromatic heterocycles. The summed E-state index contributed by atoms with van der Waals surface area (Å²) in [5.41, 5.74) is 1.26. The lowest BCUT2D eigenvalue weighted by Gasteiger charge is -2.17. The Morgan fingerprint density at radius 1 is 1.25 bits per heavy atom. The van der Waals surface area contributed by atoms with Crippen molar-refractivity contribution in [3.8, 4) is 0 Å². The topological polar surface area (TPSA) is 24.9 Å². The second-order valence-electron chi connectivity index (χ2n) is 4.59. The van der Waals surface area contributed by atoms with E-state index in [1.54, 1.807) is 0 Å². The number of hydrogen-bond donors (Lipinski definition) is 1. The molecule has 2 nitrogen and oxygen atoms in total. The van der Waals surface area contributed by atoms with Crippen LogP contribution in [0.25, 0.3) is 0 Å². The molecule has 0 aliphatic rings. The molecule has 2 aromatic rings. The number of nitrogens with zero attached hydrogens (tertiary/aromatic N) is 1. The van der Waals surface area contributed by atoms with Gasteiger partial charge in [-0.2, -0.15) is 0 Å². The molecule has 1 atom stereocenters. The second kappa shape index (κ2) is 8.45. The minimum Gasteiger partial charge on any atom is -0.313 e. The summed E-state index contributed by atoms with van der Waals surface area (Å²) >= 11 is 5.38. The molecule has 0 fully saturated rings. The van der Waals surface area contributed by atoms with E-state index < -0.39 is 0 Å². The quantitative estimate of drug-likeness (QED) is 0.759. The number of likely N-dealkylation sites (N-methyl/N-ethyl adjacent to an activating group) is 1. The van der Waals surface area contributed by atoms with Gasteiger partial charge in [0.2, 0.25) is 0 Å². The van der Waals surface area contributed by atoms with Crippen LogP contribution in [0.1, 0.15) is 12.5 Å². The van der Waals surface area contributed by atoms with E-state index in [1.807, 2.05) is 24.2 Å². The molecule has 106 valence electrons. The first-order chi connectivity index (χ1) is 9.78. The van der Waals surface area contributed by atoms with Crippen LogP contribution in [-0.2, 0) is 6.42 Å². The van der Waals surface area contributed by atoms with E-state index in [-0.39, 0.29) is 0 Å². The van der Waals surface area contributed by atoms with E-state index >= 15 is 0 Å². The van der Waals surface area contributed by atoms with Gasteiger partial charge in [0.25, 0.3) is 0 Å². The molecular formula is C16H19BrN2S. The summed E-state index contributed by atoms with van der Waals surface area (Å²) in [6.45, 7) is 3.14. The Morgan fingerprint density at radius 2 is 2.05 bits per heavy atom. The second-order valence-corrected chi connectivity index (χ2v) is 6.60. The van der Waals surface area contributed by atoms with Crippen LogP contribution in [-0.4, -0.2) is 23.3 Å². The van der Waals surface area contributed by atoms with Crippen LogP contribution in [0.15, 0.2) is 58.2 Å². The molecule has 0 aliphatic heterocycles. The smallest absolute Gasteiger partial charge is 0.0410 e. The van der Waals surface area contributed by atoms with Crippen molar-refractivity contribution in [2.24, 2.45) is 0 Å². The number of benzene rings is 1. The lowest BCUT2D eigenvalue weighted by molar-refractivity contribution is 0.572. The standard InChI is InChI=1S/C16H19BrN2S/c1-2-19-15(9-13-8-14(17)11-18-10-13)12-20-16-6-4-3-5-7-16/h3-8,10-11,15,19H,2,9,12H2,1H3. The largest absolute Gasteiger partial charge is 0.313 e. The van der Waals surface area contributed by atoms with E-state index in [0.717, 1.165) is 23.2 Å². The third kappa shape index (κ3) is 5.27. The van der Waals surface area contributed by atoms with Gasteiger partial charge in [0, 0.05) is 33.6 Å². The van der Waals surface area contributed by atoms with Crippen LogP contribution in [0.2, 0.25) is 0 Å². The molecule has 0 aliphatic carbocycles. The highest BCUT2D eigenvalue weighted by Gasteiger charge is 2.09. The number of aromatic nitrogens is 1. The molecule has 4 heteroatoms. The van der Waals surface area contributed by atoms with Crippen LogP contribution >= 0.6 is 27.7 Å². The highest BCUT2D eigenvalue weighted by molar-refractivity contribution is 9.10. The summed E-state index contributed by atoms with van der Waals surface area (Å²) < 4.78 is 1.04. The van der Waals surface area contributed by atoms with E-state index in [9.17, 15) is 0 Å². The lowest BCUT2D eigenvalue weighted by Crippen LogP contribution is -2.33. The van der Waals surface area contributed by atoms with Crippen LogP contribution in [0.4, 0.5) is 0 Å².